The Kier molecular flexibility index (Phi) is 32.6. The van der Waals surface area contributed by atoms with Crippen LogP contribution in [0.15, 0.2) is 0 Å². The summed E-state index contributed by atoms with van der Waals surface area (Å²) in [6.07, 6.45) is 23.1. The minimum absolute atomic E-state index is 0.300. The summed E-state index contributed by atoms with van der Waals surface area (Å²) in [6, 6.07) is 0.811. The summed E-state index contributed by atoms with van der Waals surface area (Å²) in [7, 11) is 1.51. The van der Waals surface area contributed by atoms with E-state index in [4.69, 9.17) is 9.68 Å². The van der Waals surface area contributed by atoms with Gasteiger partial charge in [-0.3, -0.25) is 29.8 Å². The van der Waals surface area contributed by atoms with E-state index in [2.05, 4.69) is 20.8 Å². The topological polar surface area (TPSA) is 160 Å². The van der Waals surface area contributed by atoms with Crippen molar-refractivity contribution in [2.45, 2.75) is 197 Å². The van der Waals surface area contributed by atoms with Gasteiger partial charge in [-0.05, 0) is 90.1 Å². The van der Waals surface area contributed by atoms with Gasteiger partial charge in [-0.1, -0.05) is 44.9 Å². The van der Waals surface area contributed by atoms with Crippen molar-refractivity contribution in [3.8, 4) is 0 Å². The van der Waals surface area contributed by atoms with Gasteiger partial charge in [0.2, 0.25) is 0 Å². The van der Waals surface area contributed by atoms with Crippen molar-refractivity contribution in [2.75, 3.05) is 32.6 Å². The van der Waals surface area contributed by atoms with Gasteiger partial charge in [-0.15, -0.1) is 0 Å². The second-order valence-electron chi connectivity index (χ2n) is 14.8. The molecule has 2 aliphatic heterocycles. The summed E-state index contributed by atoms with van der Waals surface area (Å²) in [5.74, 6) is 2.37. The number of carbonyl (C=O) groups is 5. The Labute approximate surface area is 325 Å². The lowest BCUT2D eigenvalue weighted by molar-refractivity contribution is -0.272. The van der Waals surface area contributed by atoms with E-state index in [9.17, 15) is 24.3 Å². The zero-order chi connectivity index (χ0) is 38.8. The molecule has 4 unspecified atom stereocenters. The minimum atomic E-state index is -0.543. The fourth-order valence-electron chi connectivity index (χ4n) is 7.12. The van der Waals surface area contributed by atoms with Gasteiger partial charge in [0.15, 0.2) is 6.35 Å². The summed E-state index contributed by atoms with van der Waals surface area (Å²) in [6.45, 7) is 4.66. The number of thioether (sulfide) groups is 1. The highest BCUT2D eigenvalue weighted by atomic mass is 32.2. The molecule has 2 saturated heterocycles. The van der Waals surface area contributed by atoms with E-state index in [1.807, 2.05) is 18.6 Å². The van der Waals surface area contributed by atoms with E-state index in [-0.39, 0.29) is 0 Å². The fraction of sp³-hybridized carbons (Fsp3) is 0.878. The molecule has 4 atom stereocenters. The van der Waals surface area contributed by atoms with Gasteiger partial charge in [0.05, 0.1) is 13.7 Å². The summed E-state index contributed by atoms with van der Waals surface area (Å²) >= 11 is 2.02. The third-order valence-electron chi connectivity index (χ3n) is 10.2. The first kappa shape index (κ1) is 49.5. The number of hydrogen-bond donors (Lipinski definition) is 4. The van der Waals surface area contributed by atoms with E-state index >= 15 is 0 Å². The molecule has 0 saturated carbocycles. The highest BCUT2D eigenvalue weighted by Gasteiger charge is 2.42. The number of aliphatic hydroxyl groups is 1. The summed E-state index contributed by atoms with van der Waals surface area (Å²) < 4.78 is 0. The van der Waals surface area contributed by atoms with Gasteiger partial charge in [-0.2, -0.15) is 11.8 Å². The number of Topliss-reactive ketones (excluding diaryl/α,β-unsaturated/α-hetero) is 4. The number of nitrogens with one attached hydrogen (secondary N) is 3. The molecule has 11 nitrogen and oxygen atoms in total. The van der Waals surface area contributed by atoms with E-state index < -0.39 is 6.35 Å². The number of hydrogen-bond acceptors (Lipinski definition) is 12. The van der Waals surface area contributed by atoms with Crippen LogP contribution in [0.1, 0.15) is 173 Å². The Bertz CT molecular complexity index is 958. The molecule has 4 N–H and O–H groups in total. The zero-order valence-electron chi connectivity index (χ0n) is 33.2. The van der Waals surface area contributed by atoms with Crippen molar-refractivity contribution in [2.24, 2.45) is 0 Å². The maximum atomic E-state index is 12.2. The van der Waals surface area contributed by atoms with Crippen molar-refractivity contribution < 1.29 is 38.9 Å². The predicted octanol–water partition coefficient (Wildman–Crippen LogP) is 7.10. The molecule has 0 aromatic heterocycles. The molecule has 2 heterocycles. The van der Waals surface area contributed by atoms with Gasteiger partial charge >= 0.3 is 0 Å². The molecule has 0 radical (unpaired) electrons. The van der Waals surface area contributed by atoms with Crippen molar-refractivity contribution in [1.82, 2.24) is 16.0 Å². The molecule has 0 amide bonds. The third-order valence-corrected chi connectivity index (χ3v) is 11.7. The van der Waals surface area contributed by atoms with E-state index in [1.54, 1.807) is 0 Å². The molecular formula is C41H75N3O8S. The summed E-state index contributed by atoms with van der Waals surface area (Å²) in [4.78, 5) is 66.0. The average Bonchev–Trinajstić information content (AvgIpc) is 3.71. The van der Waals surface area contributed by atoms with Crippen LogP contribution in [0.2, 0.25) is 0 Å². The van der Waals surface area contributed by atoms with Crippen LogP contribution in [-0.4, -0.2) is 91.3 Å². The van der Waals surface area contributed by atoms with Crippen LogP contribution >= 0.6 is 11.8 Å². The minimum Gasteiger partial charge on any atom is -0.365 e. The number of unbranched alkanes of at least 4 members (excludes halogenated alkanes) is 12. The Morgan fingerprint density at radius 3 is 1.45 bits per heavy atom. The largest absolute Gasteiger partial charge is 0.365 e. The molecule has 2 fully saturated rings. The Hall–Kier alpha value is -1.54. The van der Waals surface area contributed by atoms with Gasteiger partial charge in [-0.25, -0.2) is 9.78 Å². The standard InChI is InChI=1S/C40H73N3O7S.CH2O/c1-49-50-31-19-3-2-8-20-33(44)21-9-4-10-22-34(45)23-11-5-12-24-35(46)25-13-6-14-26-36(47)27-15-7-17-29-41-30-18-16-28-38-39-37(32-51-38)42-40(48)43-39;1-2/h37-43,48H,2-32H2,1H3;1H2. The van der Waals surface area contributed by atoms with Crippen LogP contribution in [0.25, 0.3) is 0 Å². The SMILES string of the molecule is C=O.COOCCCCCCC(=O)CCCCCC(=O)CCCCCC(=O)CCCCCC(=O)CCCCCNCCCCC1SCC2NC(O)NC21. The number of ketones is 4. The first-order valence-corrected chi connectivity index (χ1v) is 22.0. The second kappa shape index (κ2) is 34.9. The van der Waals surface area contributed by atoms with E-state index in [0.717, 1.165) is 122 Å². The highest BCUT2D eigenvalue weighted by Crippen LogP contribution is 2.33. The molecule has 0 aliphatic carbocycles. The Morgan fingerprint density at radius 1 is 0.604 bits per heavy atom. The van der Waals surface area contributed by atoms with Crippen LogP contribution in [0, 0.1) is 0 Å². The first-order chi connectivity index (χ1) is 25.9. The molecule has 0 aromatic rings. The normalized spacial score (nSPS) is 19.1. The van der Waals surface area contributed by atoms with Crippen LogP contribution < -0.4 is 16.0 Å². The van der Waals surface area contributed by atoms with Crippen molar-refractivity contribution in [3.63, 3.8) is 0 Å². The molecule has 308 valence electrons. The maximum Gasteiger partial charge on any atom is 0.161 e. The van der Waals surface area contributed by atoms with Crippen LogP contribution in [0.4, 0.5) is 0 Å². The highest BCUT2D eigenvalue weighted by molar-refractivity contribution is 8.00. The van der Waals surface area contributed by atoms with Crippen molar-refractivity contribution in [1.29, 1.82) is 0 Å². The Morgan fingerprint density at radius 2 is 1.00 bits per heavy atom. The van der Waals surface area contributed by atoms with Gasteiger partial charge in [0, 0.05) is 74.5 Å². The lowest BCUT2D eigenvalue weighted by atomic mass is 10.0. The molecule has 0 bridgehead atoms. The van der Waals surface area contributed by atoms with Crippen LogP contribution in [0.3, 0.4) is 0 Å². The number of carbonyl (C=O) groups excluding carboxylic acids is 5. The lowest BCUT2D eigenvalue weighted by Gasteiger charge is -2.17. The van der Waals surface area contributed by atoms with Gasteiger partial charge < -0.3 is 15.2 Å². The van der Waals surface area contributed by atoms with E-state index in [1.165, 1.54) is 26.4 Å². The second-order valence-corrected chi connectivity index (χ2v) is 16.1. The van der Waals surface area contributed by atoms with Crippen molar-refractivity contribution in [3.05, 3.63) is 0 Å². The Balaban J connectivity index is 0.00000690. The third kappa shape index (κ3) is 27.7. The average molecular weight is 770 g/mol. The molecule has 0 spiro atoms. The molecular weight excluding hydrogens is 695 g/mol. The maximum absolute atomic E-state index is 12.2. The molecule has 12 heteroatoms. The number of aliphatic hydroxyl groups excluding tert-OH is 1. The quantitative estimate of drug-likeness (QED) is 0.0289. The summed E-state index contributed by atoms with van der Waals surface area (Å²) in [5.41, 5.74) is 0. The van der Waals surface area contributed by atoms with Crippen molar-refractivity contribution >= 4 is 41.7 Å². The van der Waals surface area contributed by atoms with Crippen LogP contribution in [-0.2, 0) is 33.7 Å². The predicted molar refractivity (Wildman–Crippen MR) is 214 cm³/mol. The van der Waals surface area contributed by atoms with E-state index in [0.29, 0.717) is 98.4 Å². The lowest BCUT2D eigenvalue weighted by Crippen LogP contribution is -2.38. The molecule has 2 rings (SSSR count). The molecule has 53 heavy (non-hydrogen) atoms. The fourth-order valence-corrected chi connectivity index (χ4v) is 8.68. The number of rotatable bonds is 37. The molecule has 0 aromatic carbocycles. The zero-order valence-corrected chi connectivity index (χ0v) is 34.0. The van der Waals surface area contributed by atoms with Crippen LogP contribution in [0.5, 0.6) is 0 Å². The smallest absolute Gasteiger partial charge is 0.161 e. The first-order valence-electron chi connectivity index (χ1n) is 20.9. The van der Waals surface area contributed by atoms with Gasteiger partial charge in [0.1, 0.15) is 29.9 Å². The number of fused-ring (bicyclic) bond motifs is 1. The summed E-state index contributed by atoms with van der Waals surface area (Å²) in [5, 5.41) is 20.3. The molecule has 2 aliphatic rings. The van der Waals surface area contributed by atoms with Gasteiger partial charge in [0.25, 0.3) is 0 Å². The monoisotopic (exact) mass is 770 g/mol.